The molecule has 1 amide bonds. The number of thiazole rings is 1. The highest BCUT2D eigenvalue weighted by Crippen LogP contribution is 2.43. The normalized spacial score (nSPS) is 30.8. The van der Waals surface area contributed by atoms with Crippen LogP contribution in [0.3, 0.4) is 0 Å². The van der Waals surface area contributed by atoms with Crippen molar-refractivity contribution in [2.24, 2.45) is 11.8 Å². The van der Waals surface area contributed by atoms with Crippen molar-refractivity contribution in [3.63, 3.8) is 0 Å². The molecular weight excluding hydrogens is 288 g/mol. The van der Waals surface area contributed by atoms with E-state index in [9.17, 15) is 4.79 Å². The molecule has 1 saturated carbocycles. The maximum atomic E-state index is 12.2. The maximum Gasteiger partial charge on any atom is 0.220 e. The van der Waals surface area contributed by atoms with E-state index in [2.05, 4.69) is 10.3 Å². The first-order valence-corrected chi connectivity index (χ1v) is 8.37. The lowest BCUT2D eigenvalue weighted by Crippen LogP contribution is -2.62. The molecule has 116 valence electrons. The highest BCUT2D eigenvalue weighted by molar-refractivity contribution is 7.09. The van der Waals surface area contributed by atoms with Gasteiger partial charge in [0.05, 0.1) is 23.9 Å². The molecule has 0 aromatic carbocycles. The van der Waals surface area contributed by atoms with E-state index in [1.165, 1.54) is 4.88 Å². The van der Waals surface area contributed by atoms with Gasteiger partial charge < -0.3 is 14.8 Å². The number of nitrogens with zero attached hydrogens (tertiary/aromatic N) is 1. The number of ether oxygens (including phenoxy) is 2. The molecule has 6 heteroatoms. The van der Waals surface area contributed by atoms with E-state index in [0.29, 0.717) is 24.9 Å². The van der Waals surface area contributed by atoms with Gasteiger partial charge >= 0.3 is 0 Å². The van der Waals surface area contributed by atoms with E-state index in [1.807, 2.05) is 12.4 Å². The summed E-state index contributed by atoms with van der Waals surface area (Å²) in [6.07, 6.45) is 2.62. The summed E-state index contributed by atoms with van der Waals surface area (Å²) < 4.78 is 11.0. The molecule has 1 aliphatic heterocycles. The van der Waals surface area contributed by atoms with Gasteiger partial charge in [0.2, 0.25) is 5.91 Å². The van der Waals surface area contributed by atoms with Gasteiger partial charge in [0.1, 0.15) is 0 Å². The summed E-state index contributed by atoms with van der Waals surface area (Å²) in [6, 6.07) is 0.215. The van der Waals surface area contributed by atoms with E-state index in [-0.39, 0.29) is 18.1 Å². The van der Waals surface area contributed by atoms with Crippen molar-refractivity contribution in [1.29, 1.82) is 0 Å². The van der Waals surface area contributed by atoms with E-state index < -0.39 is 0 Å². The molecule has 4 atom stereocenters. The number of rotatable bonds is 6. The monoisotopic (exact) mass is 310 g/mol. The molecule has 2 aliphatic rings. The molecule has 0 radical (unpaired) electrons. The Bertz CT molecular complexity index is 505. The second-order valence-electron chi connectivity index (χ2n) is 5.86. The number of amides is 1. The maximum absolute atomic E-state index is 12.2. The fraction of sp³-hybridized carbons (Fsp3) is 0.733. The molecule has 0 unspecified atom stereocenters. The Kier molecular flexibility index (Phi) is 4.57. The van der Waals surface area contributed by atoms with Crippen LogP contribution < -0.4 is 5.32 Å². The predicted octanol–water partition coefficient (Wildman–Crippen LogP) is 1.55. The van der Waals surface area contributed by atoms with Gasteiger partial charge in [0, 0.05) is 42.9 Å². The standard InChI is InChI=1S/C15H22N2O3S/c1-9-12(21-8-16-9)3-4-13(18)17-14-10-5-6-20-15(10)11(14)7-19-2/h8,10-11,14-15H,3-7H2,1-2H3,(H,17,18)/t10-,11+,14-,15-/m1/s1. The average molecular weight is 310 g/mol. The number of carbonyl (C=O) groups excluding carboxylic acids is 1. The lowest BCUT2D eigenvalue weighted by molar-refractivity contribution is -0.129. The minimum Gasteiger partial charge on any atom is -0.384 e. The summed E-state index contributed by atoms with van der Waals surface area (Å²) in [5.41, 5.74) is 2.88. The van der Waals surface area contributed by atoms with Gasteiger partial charge in [-0.15, -0.1) is 11.3 Å². The summed E-state index contributed by atoms with van der Waals surface area (Å²) in [4.78, 5) is 17.6. The molecule has 0 spiro atoms. The van der Waals surface area contributed by atoms with Crippen molar-refractivity contribution in [3.05, 3.63) is 16.1 Å². The number of carbonyl (C=O) groups is 1. The van der Waals surface area contributed by atoms with Crippen molar-refractivity contribution in [2.75, 3.05) is 20.3 Å². The smallest absolute Gasteiger partial charge is 0.220 e. The number of aryl methyl sites for hydroxylation is 2. The minimum atomic E-state index is 0.124. The number of aromatic nitrogens is 1. The molecule has 1 saturated heterocycles. The van der Waals surface area contributed by atoms with E-state index in [0.717, 1.165) is 25.1 Å². The van der Waals surface area contributed by atoms with E-state index >= 15 is 0 Å². The fourth-order valence-electron chi connectivity index (χ4n) is 3.49. The molecule has 1 aliphatic carbocycles. The third-order valence-corrected chi connectivity index (χ3v) is 5.63. The number of hydrogen-bond acceptors (Lipinski definition) is 5. The molecule has 1 aromatic rings. The van der Waals surface area contributed by atoms with Crippen LogP contribution in [0.5, 0.6) is 0 Å². The van der Waals surface area contributed by atoms with Crippen LogP contribution in [0, 0.1) is 18.8 Å². The summed E-state index contributed by atoms with van der Waals surface area (Å²) >= 11 is 1.62. The molecule has 5 nitrogen and oxygen atoms in total. The SMILES string of the molecule is COC[C@H]1[C@H](NC(=O)CCc2scnc2C)[C@H]2CCO[C@H]21. The van der Waals surface area contributed by atoms with Crippen LogP contribution in [0.15, 0.2) is 5.51 Å². The number of hydrogen-bond donors (Lipinski definition) is 1. The summed E-state index contributed by atoms with van der Waals surface area (Å²) in [5, 5.41) is 3.19. The second kappa shape index (κ2) is 6.42. The molecule has 1 aromatic heterocycles. The Hall–Kier alpha value is -0.980. The van der Waals surface area contributed by atoms with Crippen LogP contribution in [-0.2, 0) is 20.7 Å². The van der Waals surface area contributed by atoms with Crippen molar-refractivity contribution < 1.29 is 14.3 Å². The van der Waals surface area contributed by atoms with Crippen LogP contribution in [0.1, 0.15) is 23.4 Å². The molecule has 0 bridgehead atoms. The van der Waals surface area contributed by atoms with E-state index in [4.69, 9.17) is 9.47 Å². The van der Waals surface area contributed by atoms with Gasteiger partial charge in [0.15, 0.2) is 0 Å². The van der Waals surface area contributed by atoms with Gasteiger partial charge in [-0.25, -0.2) is 4.98 Å². The van der Waals surface area contributed by atoms with E-state index in [1.54, 1.807) is 18.4 Å². The molecular formula is C15H22N2O3S. The van der Waals surface area contributed by atoms with Crippen LogP contribution in [-0.4, -0.2) is 43.4 Å². The Balaban J connectivity index is 1.51. The largest absolute Gasteiger partial charge is 0.384 e. The summed E-state index contributed by atoms with van der Waals surface area (Å²) in [6.45, 7) is 3.45. The molecule has 3 rings (SSSR count). The average Bonchev–Trinajstić information content (AvgIpc) is 3.07. The van der Waals surface area contributed by atoms with Crippen LogP contribution >= 0.6 is 11.3 Å². The third kappa shape index (κ3) is 2.98. The second-order valence-corrected chi connectivity index (χ2v) is 6.80. The van der Waals surface area contributed by atoms with Crippen LogP contribution in [0.2, 0.25) is 0 Å². The molecule has 21 heavy (non-hydrogen) atoms. The zero-order valence-electron chi connectivity index (χ0n) is 12.5. The van der Waals surface area contributed by atoms with Crippen molar-refractivity contribution >= 4 is 17.2 Å². The number of methoxy groups -OCH3 is 1. The Labute approximate surface area is 129 Å². The lowest BCUT2D eigenvalue weighted by atomic mass is 9.67. The Morgan fingerprint density at radius 3 is 3.19 bits per heavy atom. The zero-order valence-corrected chi connectivity index (χ0v) is 13.3. The summed E-state index contributed by atoms with van der Waals surface area (Å²) in [7, 11) is 1.70. The first-order chi connectivity index (χ1) is 10.2. The summed E-state index contributed by atoms with van der Waals surface area (Å²) in [5.74, 6) is 0.898. The van der Waals surface area contributed by atoms with Gasteiger partial charge in [0.25, 0.3) is 0 Å². The molecule has 2 heterocycles. The van der Waals surface area contributed by atoms with Crippen molar-refractivity contribution in [1.82, 2.24) is 10.3 Å². The fourth-order valence-corrected chi connectivity index (χ4v) is 4.27. The van der Waals surface area contributed by atoms with Gasteiger partial charge in [-0.2, -0.15) is 0 Å². The van der Waals surface area contributed by atoms with Crippen molar-refractivity contribution in [2.45, 2.75) is 38.3 Å². The molecule has 1 N–H and O–H groups in total. The topological polar surface area (TPSA) is 60.5 Å². The van der Waals surface area contributed by atoms with Crippen LogP contribution in [0.4, 0.5) is 0 Å². The van der Waals surface area contributed by atoms with Gasteiger partial charge in [-0.3, -0.25) is 4.79 Å². The quantitative estimate of drug-likeness (QED) is 0.866. The van der Waals surface area contributed by atoms with Crippen LogP contribution in [0.25, 0.3) is 0 Å². The highest BCUT2D eigenvalue weighted by atomic mass is 32.1. The number of nitrogens with one attached hydrogen (secondary N) is 1. The highest BCUT2D eigenvalue weighted by Gasteiger charge is 2.54. The zero-order chi connectivity index (χ0) is 14.8. The Morgan fingerprint density at radius 2 is 2.48 bits per heavy atom. The van der Waals surface area contributed by atoms with Gasteiger partial charge in [-0.1, -0.05) is 0 Å². The first kappa shape index (κ1) is 14.9. The lowest BCUT2D eigenvalue weighted by Gasteiger charge is -2.47. The van der Waals surface area contributed by atoms with Gasteiger partial charge in [-0.05, 0) is 19.8 Å². The predicted molar refractivity (Wildman–Crippen MR) is 80.3 cm³/mol. The third-order valence-electron chi connectivity index (χ3n) is 4.64. The minimum absolute atomic E-state index is 0.124. The number of fused-ring (bicyclic) bond motifs is 1. The Morgan fingerprint density at radius 1 is 1.62 bits per heavy atom. The first-order valence-electron chi connectivity index (χ1n) is 7.49. The van der Waals surface area contributed by atoms with Crippen molar-refractivity contribution in [3.8, 4) is 0 Å². The molecule has 2 fully saturated rings.